The van der Waals surface area contributed by atoms with E-state index in [4.69, 9.17) is 16.7 Å². The van der Waals surface area contributed by atoms with E-state index in [1.807, 2.05) is 13.0 Å². The van der Waals surface area contributed by atoms with Crippen LogP contribution in [0.2, 0.25) is 5.15 Å². The van der Waals surface area contributed by atoms with Gasteiger partial charge in [-0.1, -0.05) is 24.9 Å². The first-order valence-corrected chi connectivity index (χ1v) is 8.28. The van der Waals surface area contributed by atoms with Gasteiger partial charge in [-0.05, 0) is 31.7 Å². The van der Waals surface area contributed by atoms with Crippen molar-refractivity contribution in [1.82, 2.24) is 19.7 Å². The molecule has 4 rings (SSSR count). The average Bonchev–Trinajstić information content (AvgIpc) is 2.69. The highest BCUT2D eigenvalue weighted by Crippen LogP contribution is 2.41. The molecule has 5 heteroatoms. The molecule has 0 radical (unpaired) electrons. The molecule has 2 aliphatic rings. The molecule has 2 fully saturated rings. The normalized spacial score (nSPS) is 26.8. The van der Waals surface area contributed by atoms with Crippen molar-refractivity contribution in [2.45, 2.75) is 45.2 Å². The third-order valence-corrected chi connectivity index (χ3v) is 5.55. The Balaban J connectivity index is 1.51. The van der Waals surface area contributed by atoms with Gasteiger partial charge >= 0.3 is 0 Å². The van der Waals surface area contributed by atoms with E-state index in [2.05, 4.69) is 21.5 Å². The molecule has 2 aromatic heterocycles. The molecule has 1 saturated heterocycles. The van der Waals surface area contributed by atoms with Crippen LogP contribution in [0, 0.1) is 12.8 Å². The second kappa shape index (κ2) is 4.96. The number of halogens is 1. The summed E-state index contributed by atoms with van der Waals surface area (Å²) in [4.78, 5) is 6.81. The summed E-state index contributed by atoms with van der Waals surface area (Å²) in [6, 6.07) is 3.31. The van der Waals surface area contributed by atoms with Crippen LogP contribution >= 0.6 is 11.6 Å². The number of hydrogen-bond acceptors (Lipinski definition) is 3. The highest BCUT2D eigenvalue weighted by atomic mass is 35.5. The van der Waals surface area contributed by atoms with Crippen LogP contribution in [-0.2, 0) is 0 Å². The van der Waals surface area contributed by atoms with Gasteiger partial charge < -0.3 is 0 Å². The molecule has 1 aliphatic carbocycles. The second-order valence-corrected chi connectivity index (χ2v) is 6.89. The summed E-state index contributed by atoms with van der Waals surface area (Å²) < 4.78 is 2.17. The summed E-state index contributed by atoms with van der Waals surface area (Å²) in [5, 5.41) is 6.30. The van der Waals surface area contributed by atoms with E-state index in [9.17, 15) is 0 Å². The van der Waals surface area contributed by atoms with E-state index in [0.717, 1.165) is 28.6 Å². The number of nitrogens with zero attached hydrogens (tertiary/aromatic N) is 4. The summed E-state index contributed by atoms with van der Waals surface area (Å²) >= 11 is 6.21. The van der Waals surface area contributed by atoms with E-state index >= 15 is 0 Å². The van der Waals surface area contributed by atoms with Crippen LogP contribution in [-0.4, -0.2) is 38.8 Å². The van der Waals surface area contributed by atoms with Gasteiger partial charge in [-0.15, -0.1) is 0 Å². The predicted octanol–water partition coefficient (Wildman–Crippen LogP) is 3.44. The number of aryl methyl sites for hydroxylation is 1. The first-order chi connectivity index (χ1) is 10.2. The third kappa shape index (κ3) is 2.08. The number of pyridine rings is 1. The quantitative estimate of drug-likeness (QED) is 0.815. The molecule has 112 valence electrons. The molecule has 0 N–H and O–H groups in total. The standard InChI is InChI=1S/C16H21ClN4/c1-3-11-8-20(9-11)12-6-13(7-12)21-14-4-5-18-16(17)15(14)10(2)19-21/h4-5,11-13H,3,6-9H2,1-2H3. The maximum absolute atomic E-state index is 6.21. The molecule has 0 aromatic carbocycles. The van der Waals surface area contributed by atoms with E-state index in [1.165, 1.54) is 32.4 Å². The molecule has 2 aromatic rings. The lowest BCUT2D eigenvalue weighted by atomic mass is 9.81. The zero-order valence-corrected chi connectivity index (χ0v) is 13.3. The van der Waals surface area contributed by atoms with Crippen LogP contribution in [0.1, 0.15) is 37.9 Å². The van der Waals surface area contributed by atoms with Crippen LogP contribution in [0.3, 0.4) is 0 Å². The van der Waals surface area contributed by atoms with Gasteiger partial charge in [0, 0.05) is 25.3 Å². The molecular weight excluding hydrogens is 284 g/mol. The maximum atomic E-state index is 6.21. The van der Waals surface area contributed by atoms with Crippen LogP contribution in [0.4, 0.5) is 0 Å². The molecular formula is C16H21ClN4. The minimum Gasteiger partial charge on any atom is -0.300 e. The van der Waals surface area contributed by atoms with Crippen LogP contribution in [0.5, 0.6) is 0 Å². The third-order valence-electron chi connectivity index (χ3n) is 5.26. The minimum absolute atomic E-state index is 0.519. The fraction of sp³-hybridized carbons (Fsp3) is 0.625. The Morgan fingerprint density at radius 3 is 2.76 bits per heavy atom. The minimum atomic E-state index is 0.519. The summed E-state index contributed by atoms with van der Waals surface area (Å²) in [7, 11) is 0. The highest BCUT2D eigenvalue weighted by Gasteiger charge is 2.40. The van der Waals surface area contributed by atoms with Gasteiger partial charge in [0.05, 0.1) is 22.6 Å². The lowest BCUT2D eigenvalue weighted by Gasteiger charge is -2.50. The van der Waals surface area contributed by atoms with Crippen molar-refractivity contribution in [3.63, 3.8) is 0 Å². The summed E-state index contributed by atoms with van der Waals surface area (Å²) in [5.41, 5.74) is 2.12. The zero-order valence-electron chi connectivity index (χ0n) is 12.6. The first kappa shape index (κ1) is 13.5. The predicted molar refractivity (Wildman–Crippen MR) is 84.7 cm³/mol. The van der Waals surface area contributed by atoms with Crippen molar-refractivity contribution in [3.05, 3.63) is 23.1 Å². The molecule has 3 heterocycles. The van der Waals surface area contributed by atoms with Crippen LogP contribution in [0.15, 0.2) is 12.3 Å². The topological polar surface area (TPSA) is 34.0 Å². The lowest BCUT2D eigenvalue weighted by Crippen LogP contribution is -2.56. The van der Waals surface area contributed by atoms with Gasteiger partial charge in [-0.2, -0.15) is 5.10 Å². The number of rotatable bonds is 3. The second-order valence-electron chi connectivity index (χ2n) is 6.53. The Kier molecular flexibility index (Phi) is 3.19. The summed E-state index contributed by atoms with van der Waals surface area (Å²) in [6.07, 6.45) is 5.53. The molecule has 0 spiro atoms. The molecule has 4 nitrogen and oxygen atoms in total. The number of aromatic nitrogens is 3. The Morgan fingerprint density at radius 2 is 2.05 bits per heavy atom. The van der Waals surface area contributed by atoms with Crippen molar-refractivity contribution >= 4 is 22.5 Å². The van der Waals surface area contributed by atoms with E-state index < -0.39 is 0 Å². The summed E-state index contributed by atoms with van der Waals surface area (Å²) in [5.74, 6) is 0.932. The molecule has 0 bridgehead atoms. The van der Waals surface area contributed by atoms with Crippen molar-refractivity contribution in [3.8, 4) is 0 Å². The van der Waals surface area contributed by atoms with Crippen molar-refractivity contribution in [2.24, 2.45) is 5.92 Å². The Labute approximate surface area is 130 Å². The van der Waals surface area contributed by atoms with Crippen molar-refractivity contribution in [1.29, 1.82) is 0 Å². The van der Waals surface area contributed by atoms with Gasteiger partial charge in [-0.3, -0.25) is 9.58 Å². The SMILES string of the molecule is CCC1CN(C2CC(n3nc(C)c4c(Cl)nccc43)C2)C1. The summed E-state index contributed by atoms with van der Waals surface area (Å²) in [6.45, 7) is 6.90. The van der Waals surface area contributed by atoms with E-state index in [-0.39, 0.29) is 0 Å². The van der Waals surface area contributed by atoms with Crippen molar-refractivity contribution in [2.75, 3.05) is 13.1 Å². The fourth-order valence-corrected chi connectivity index (χ4v) is 4.01. The van der Waals surface area contributed by atoms with Gasteiger partial charge in [0.2, 0.25) is 0 Å². The van der Waals surface area contributed by atoms with Crippen LogP contribution in [0.25, 0.3) is 10.9 Å². The fourth-order valence-electron chi connectivity index (χ4n) is 3.72. The Morgan fingerprint density at radius 1 is 1.29 bits per heavy atom. The first-order valence-electron chi connectivity index (χ1n) is 7.90. The smallest absolute Gasteiger partial charge is 0.140 e. The molecule has 1 aliphatic heterocycles. The molecule has 0 atom stereocenters. The van der Waals surface area contributed by atoms with Gasteiger partial charge in [0.25, 0.3) is 0 Å². The Hall–Kier alpha value is -1.13. The number of likely N-dealkylation sites (tertiary alicyclic amines) is 1. The van der Waals surface area contributed by atoms with Crippen molar-refractivity contribution < 1.29 is 0 Å². The zero-order chi connectivity index (χ0) is 14.6. The molecule has 0 unspecified atom stereocenters. The molecule has 21 heavy (non-hydrogen) atoms. The number of fused-ring (bicyclic) bond motifs is 1. The lowest BCUT2D eigenvalue weighted by molar-refractivity contribution is -0.00797. The van der Waals surface area contributed by atoms with Crippen LogP contribution < -0.4 is 0 Å². The monoisotopic (exact) mass is 304 g/mol. The average molecular weight is 305 g/mol. The maximum Gasteiger partial charge on any atom is 0.140 e. The number of hydrogen-bond donors (Lipinski definition) is 0. The highest BCUT2D eigenvalue weighted by molar-refractivity contribution is 6.34. The molecule has 1 saturated carbocycles. The van der Waals surface area contributed by atoms with E-state index in [0.29, 0.717) is 11.2 Å². The van der Waals surface area contributed by atoms with Gasteiger partial charge in [0.15, 0.2) is 0 Å². The van der Waals surface area contributed by atoms with E-state index in [1.54, 1.807) is 6.20 Å². The largest absolute Gasteiger partial charge is 0.300 e. The Bertz CT molecular complexity index is 668. The van der Waals surface area contributed by atoms with Gasteiger partial charge in [0.1, 0.15) is 5.15 Å². The molecule has 0 amide bonds. The van der Waals surface area contributed by atoms with Gasteiger partial charge in [-0.25, -0.2) is 4.98 Å².